The number of thiophene rings is 1. The van der Waals surface area contributed by atoms with Crippen LogP contribution in [0.2, 0.25) is 0 Å². The van der Waals surface area contributed by atoms with Gasteiger partial charge in [0.25, 0.3) is 5.56 Å². The van der Waals surface area contributed by atoms with Crippen LogP contribution in [0.1, 0.15) is 16.7 Å². The second kappa shape index (κ2) is 8.42. The molecular weight excluding hydrogens is 396 g/mol. The molecule has 30 heavy (non-hydrogen) atoms. The zero-order valence-corrected chi connectivity index (χ0v) is 18.1. The fourth-order valence-corrected chi connectivity index (χ4v) is 4.73. The van der Waals surface area contributed by atoms with E-state index in [1.165, 1.54) is 22.2 Å². The van der Waals surface area contributed by atoms with Crippen LogP contribution < -0.4 is 10.3 Å². The van der Waals surface area contributed by atoms with Crippen molar-refractivity contribution < 1.29 is 9.84 Å². The van der Waals surface area contributed by atoms with Gasteiger partial charge in [-0.1, -0.05) is 48.0 Å². The van der Waals surface area contributed by atoms with E-state index < -0.39 is 6.10 Å². The van der Waals surface area contributed by atoms with Crippen LogP contribution in [-0.4, -0.2) is 27.4 Å². The Hall–Kier alpha value is -2.96. The molecule has 4 rings (SSSR count). The number of ether oxygens (including phenoxy) is 1. The summed E-state index contributed by atoms with van der Waals surface area (Å²) in [5, 5.41) is 11.1. The molecule has 1 N–H and O–H groups in total. The summed E-state index contributed by atoms with van der Waals surface area (Å²) >= 11 is 1.52. The molecule has 0 amide bonds. The van der Waals surface area contributed by atoms with E-state index in [2.05, 4.69) is 4.98 Å². The van der Waals surface area contributed by atoms with Gasteiger partial charge in [-0.3, -0.25) is 9.36 Å². The van der Waals surface area contributed by atoms with E-state index in [0.29, 0.717) is 10.2 Å². The molecule has 2 aromatic carbocycles. The highest BCUT2D eigenvalue weighted by Crippen LogP contribution is 2.35. The zero-order chi connectivity index (χ0) is 21.3. The summed E-state index contributed by atoms with van der Waals surface area (Å²) in [6.45, 7) is 6.18. The maximum Gasteiger partial charge on any atom is 0.262 e. The molecular formula is C24H24N2O3S. The van der Waals surface area contributed by atoms with Crippen LogP contribution in [0.4, 0.5) is 0 Å². The normalized spacial score (nSPS) is 12.3. The standard InChI is InChI=1S/C24H24N2O3S/c1-15-9-10-20(16(2)11-15)29-13-19(27)12-26-14-25-23-21(24(26)28)17(3)22(30-23)18-7-5-4-6-8-18/h4-11,14,19,27H,12-13H2,1-3H3. The van der Waals surface area contributed by atoms with Gasteiger partial charge in [0.05, 0.1) is 18.3 Å². The lowest BCUT2D eigenvalue weighted by atomic mass is 10.1. The van der Waals surface area contributed by atoms with Crippen LogP contribution in [0, 0.1) is 20.8 Å². The first-order chi connectivity index (χ1) is 14.4. The van der Waals surface area contributed by atoms with Crippen molar-refractivity contribution in [1.82, 2.24) is 9.55 Å². The Morgan fingerprint density at radius 3 is 2.63 bits per heavy atom. The first-order valence-electron chi connectivity index (χ1n) is 9.86. The Morgan fingerprint density at radius 2 is 1.90 bits per heavy atom. The molecule has 0 spiro atoms. The van der Waals surface area contributed by atoms with Crippen molar-refractivity contribution >= 4 is 21.6 Å². The maximum absolute atomic E-state index is 13.1. The van der Waals surface area contributed by atoms with Gasteiger partial charge in [-0.25, -0.2) is 4.98 Å². The molecule has 2 heterocycles. The molecule has 0 fully saturated rings. The summed E-state index contributed by atoms with van der Waals surface area (Å²) in [7, 11) is 0. The number of fused-ring (bicyclic) bond motifs is 1. The molecule has 0 radical (unpaired) electrons. The average Bonchev–Trinajstić information content (AvgIpc) is 3.07. The largest absolute Gasteiger partial charge is 0.491 e. The SMILES string of the molecule is Cc1ccc(OCC(O)Cn2cnc3sc(-c4ccccc4)c(C)c3c2=O)c(C)c1. The Labute approximate surface area is 179 Å². The highest BCUT2D eigenvalue weighted by atomic mass is 32.1. The molecule has 154 valence electrons. The minimum Gasteiger partial charge on any atom is -0.491 e. The van der Waals surface area contributed by atoms with Gasteiger partial charge in [0, 0.05) is 4.88 Å². The topological polar surface area (TPSA) is 64.3 Å². The Morgan fingerprint density at radius 1 is 1.13 bits per heavy atom. The lowest BCUT2D eigenvalue weighted by Gasteiger charge is -2.15. The summed E-state index contributed by atoms with van der Waals surface area (Å²) < 4.78 is 7.22. The second-order valence-electron chi connectivity index (χ2n) is 7.54. The molecule has 1 unspecified atom stereocenters. The van der Waals surface area contributed by atoms with Gasteiger partial charge in [-0.05, 0) is 43.5 Å². The summed E-state index contributed by atoms with van der Waals surface area (Å²) in [5.74, 6) is 0.738. The number of nitrogens with zero attached hydrogens (tertiary/aromatic N) is 2. The third-order valence-corrected chi connectivity index (χ3v) is 6.37. The second-order valence-corrected chi connectivity index (χ2v) is 8.54. The van der Waals surface area contributed by atoms with E-state index in [-0.39, 0.29) is 18.7 Å². The highest BCUT2D eigenvalue weighted by Gasteiger charge is 2.17. The fraction of sp³-hybridized carbons (Fsp3) is 0.250. The molecule has 0 aliphatic heterocycles. The first kappa shape index (κ1) is 20.3. The van der Waals surface area contributed by atoms with Gasteiger partial charge in [-0.15, -0.1) is 11.3 Å². The minimum atomic E-state index is -0.824. The molecule has 4 aromatic rings. The molecule has 5 nitrogen and oxygen atoms in total. The van der Waals surface area contributed by atoms with Gasteiger partial charge >= 0.3 is 0 Å². The van der Waals surface area contributed by atoms with Gasteiger partial charge in [0.15, 0.2) is 0 Å². The number of hydrogen-bond donors (Lipinski definition) is 1. The molecule has 6 heteroatoms. The smallest absolute Gasteiger partial charge is 0.262 e. The summed E-state index contributed by atoms with van der Waals surface area (Å²) in [4.78, 5) is 19.3. The van der Waals surface area contributed by atoms with Crippen LogP contribution in [-0.2, 0) is 6.54 Å². The average molecular weight is 421 g/mol. The molecule has 0 saturated carbocycles. The van der Waals surface area contributed by atoms with Crippen molar-refractivity contribution in [1.29, 1.82) is 0 Å². The fourth-order valence-electron chi connectivity index (χ4n) is 3.58. The van der Waals surface area contributed by atoms with E-state index in [1.807, 2.05) is 69.3 Å². The molecule has 0 saturated heterocycles. The van der Waals surface area contributed by atoms with E-state index in [1.54, 1.807) is 0 Å². The van der Waals surface area contributed by atoms with E-state index in [9.17, 15) is 9.90 Å². The third-order valence-electron chi connectivity index (χ3n) is 5.12. The van der Waals surface area contributed by atoms with E-state index in [0.717, 1.165) is 32.9 Å². The van der Waals surface area contributed by atoms with Crippen molar-refractivity contribution in [2.24, 2.45) is 0 Å². The zero-order valence-electron chi connectivity index (χ0n) is 17.3. The number of aliphatic hydroxyl groups is 1. The van der Waals surface area contributed by atoms with Crippen LogP contribution in [0.15, 0.2) is 59.7 Å². The first-order valence-corrected chi connectivity index (χ1v) is 10.7. The summed E-state index contributed by atoms with van der Waals surface area (Å²) in [6, 6.07) is 15.9. The third kappa shape index (κ3) is 4.01. The molecule has 0 aliphatic carbocycles. The van der Waals surface area contributed by atoms with Crippen LogP contribution >= 0.6 is 11.3 Å². The highest BCUT2D eigenvalue weighted by molar-refractivity contribution is 7.22. The molecule has 0 bridgehead atoms. The minimum absolute atomic E-state index is 0.103. The van der Waals surface area contributed by atoms with Crippen molar-refractivity contribution in [3.63, 3.8) is 0 Å². The Balaban J connectivity index is 1.55. The Bertz CT molecular complexity index is 1240. The maximum atomic E-state index is 13.1. The number of aromatic nitrogens is 2. The van der Waals surface area contributed by atoms with E-state index in [4.69, 9.17) is 4.74 Å². The Kier molecular flexibility index (Phi) is 5.70. The van der Waals surface area contributed by atoms with Crippen molar-refractivity contribution in [2.45, 2.75) is 33.4 Å². The van der Waals surface area contributed by atoms with Crippen molar-refractivity contribution in [2.75, 3.05) is 6.61 Å². The van der Waals surface area contributed by atoms with Crippen molar-refractivity contribution in [3.8, 4) is 16.2 Å². The quantitative estimate of drug-likeness (QED) is 0.499. The lowest BCUT2D eigenvalue weighted by molar-refractivity contribution is 0.0911. The van der Waals surface area contributed by atoms with Gasteiger partial charge in [0.1, 0.15) is 23.3 Å². The number of aliphatic hydroxyl groups excluding tert-OH is 1. The predicted octanol–water partition coefficient (Wildman–Crippen LogP) is 4.49. The summed E-state index contributed by atoms with van der Waals surface area (Å²) in [6.07, 6.45) is 0.686. The van der Waals surface area contributed by atoms with Gasteiger partial charge < -0.3 is 9.84 Å². The lowest BCUT2D eigenvalue weighted by Crippen LogP contribution is -2.30. The molecule has 1 atom stereocenters. The van der Waals surface area contributed by atoms with Crippen molar-refractivity contribution in [3.05, 3.63) is 81.9 Å². The molecule has 2 aromatic heterocycles. The van der Waals surface area contributed by atoms with Gasteiger partial charge in [-0.2, -0.15) is 0 Å². The monoisotopic (exact) mass is 420 g/mol. The predicted molar refractivity (Wildman–Crippen MR) is 121 cm³/mol. The number of rotatable bonds is 6. The summed E-state index contributed by atoms with van der Waals surface area (Å²) in [5.41, 5.74) is 4.04. The van der Waals surface area contributed by atoms with Crippen LogP contribution in [0.3, 0.4) is 0 Å². The van der Waals surface area contributed by atoms with Gasteiger partial charge in [0.2, 0.25) is 0 Å². The number of aryl methyl sites for hydroxylation is 3. The van der Waals surface area contributed by atoms with Crippen LogP contribution in [0.25, 0.3) is 20.7 Å². The number of hydrogen-bond acceptors (Lipinski definition) is 5. The van der Waals surface area contributed by atoms with E-state index >= 15 is 0 Å². The number of benzene rings is 2. The van der Waals surface area contributed by atoms with Crippen LogP contribution in [0.5, 0.6) is 5.75 Å². The molecule has 0 aliphatic rings.